The molecular weight excluding hydrogens is 566 g/mol. The molecule has 0 bridgehead atoms. The molecule has 5 rings (SSSR count). The number of hydrogen-bond donors (Lipinski definition) is 1. The lowest BCUT2D eigenvalue weighted by Crippen LogP contribution is -2.44. The molecule has 37 heavy (non-hydrogen) atoms. The number of nitrogens with zero attached hydrogens (tertiary/aromatic N) is 5. The van der Waals surface area contributed by atoms with E-state index in [2.05, 4.69) is 19.8 Å². The third kappa shape index (κ3) is 5.21. The molecule has 0 fully saturated rings. The van der Waals surface area contributed by atoms with E-state index in [1.54, 1.807) is 4.52 Å². The molecule has 10 nitrogen and oxygen atoms in total. The number of pyridine rings is 1. The van der Waals surface area contributed by atoms with Gasteiger partial charge in [0.15, 0.2) is 6.61 Å². The van der Waals surface area contributed by atoms with E-state index in [-0.39, 0.29) is 33.7 Å². The Balaban J connectivity index is 1.45. The maximum absolute atomic E-state index is 15.1. The average Bonchev–Trinajstić information content (AvgIpc) is 3.32. The average molecular weight is 585 g/mol. The molecule has 0 radical (unpaired) electrons. The fourth-order valence-corrected chi connectivity index (χ4v) is 5.86. The molecule has 1 aliphatic heterocycles. The van der Waals surface area contributed by atoms with E-state index in [1.165, 1.54) is 40.6 Å². The van der Waals surface area contributed by atoms with Crippen LogP contribution in [0, 0.1) is 12.7 Å². The zero-order chi connectivity index (χ0) is 26.5. The summed E-state index contributed by atoms with van der Waals surface area (Å²) in [6.07, 6.45) is 2.78. The van der Waals surface area contributed by atoms with E-state index >= 15 is 4.39 Å². The number of aromatic nitrogens is 4. The highest BCUT2D eigenvalue weighted by Crippen LogP contribution is 2.37. The number of anilines is 1. The van der Waals surface area contributed by atoms with Crippen LogP contribution in [0.5, 0.6) is 5.75 Å². The first kappa shape index (κ1) is 25.6. The van der Waals surface area contributed by atoms with Gasteiger partial charge in [0, 0.05) is 19.2 Å². The van der Waals surface area contributed by atoms with Crippen LogP contribution in [0.15, 0.2) is 30.5 Å². The van der Waals surface area contributed by atoms with E-state index in [9.17, 15) is 13.2 Å². The first-order chi connectivity index (χ1) is 17.5. The number of nitrogens with one attached hydrogen (secondary N) is 1. The van der Waals surface area contributed by atoms with Crippen LogP contribution in [-0.2, 0) is 21.2 Å². The molecule has 1 unspecified atom stereocenters. The van der Waals surface area contributed by atoms with Gasteiger partial charge in [-0.15, -0.1) is 0 Å². The quantitative estimate of drug-likeness (QED) is 0.365. The number of halogens is 3. The third-order valence-electron chi connectivity index (χ3n) is 5.58. The van der Waals surface area contributed by atoms with Crippen molar-refractivity contribution in [1.29, 1.82) is 0 Å². The van der Waals surface area contributed by atoms with Gasteiger partial charge in [-0.1, -0.05) is 34.5 Å². The number of carbonyl (C=O) groups excluding carboxylic acids is 1. The van der Waals surface area contributed by atoms with E-state index in [0.717, 1.165) is 17.3 Å². The summed E-state index contributed by atoms with van der Waals surface area (Å²) in [4.78, 5) is 24.4. The number of imidazole rings is 1. The number of amides is 1. The van der Waals surface area contributed by atoms with Crippen LogP contribution in [0.25, 0.3) is 4.96 Å². The van der Waals surface area contributed by atoms with Crippen molar-refractivity contribution in [2.45, 2.75) is 19.4 Å². The molecule has 1 atom stereocenters. The lowest BCUT2D eigenvalue weighted by molar-refractivity contribution is -0.135. The molecule has 15 heteroatoms. The number of carbonyl (C=O) groups is 1. The largest absolute Gasteiger partial charge is 0.482 e. The van der Waals surface area contributed by atoms with Crippen LogP contribution in [0.4, 0.5) is 10.1 Å². The van der Waals surface area contributed by atoms with Gasteiger partial charge >= 0.3 is 0 Å². The molecule has 4 aromatic rings. The Morgan fingerprint density at radius 3 is 2.81 bits per heavy atom. The second kappa shape index (κ2) is 9.71. The topological polar surface area (TPSA) is 119 Å². The van der Waals surface area contributed by atoms with Crippen molar-refractivity contribution in [1.82, 2.24) is 24.5 Å². The second-order valence-corrected chi connectivity index (χ2v) is 12.1. The molecule has 4 heterocycles. The van der Waals surface area contributed by atoms with E-state index in [1.807, 2.05) is 6.92 Å². The monoisotopic (exact) mass is 584 g/mol. The lowest BCUT2D eigenvalue weighted by Gasteiger charge is -2.35. The Hall–Kier alpha value is -3.00. The summed E-state index contributed by atoms with van der Waals surface area (Å²) < 4.78 is 47.6. The first-order valence-electron chi connectivity index (χ1n) is 10.9. The van der Waals surface area contributed by atoms with Crippen molar-refractivity contribution < 1.29 is 22.3 Å². The number of sulfonamides is 1. The standard InChI is InChI=1S/C22H19Cl2FN6O4S2/c1-11-28-31-20-16(27-22(31)36-11)5-6-30(21(20)19-15(25)7-12(23)9-26-19)18(32)10-35-17-4-3-13(8-14(17)24)29-37(2,33)34/h3-4,7-9,21,29H,5-6,10H2,1-2H3. The molecule has 1 amide bonds. The van der Waals surface area contributed by atoms with Crippen LogP contribution in [0.3, 0.4) is 0 Å². The molecule has 194 valence electrons. The van der Waals surface area contributed by atoms with Crippen molar-refractivity contribution >= 4 is 61.1 Å². The van der Waals surface area contributed by atoms with Gasteiger partial charge in [-0.25, -0.2) is 22.3 Å². The molecule has 1 aromatic carbocycles. The van der Waals surface area contributed by atoms with Crippen molar-refractivity contribution in [3.05, 3.63) is 68.4 Å². The number of hydrogen-bond acceptors (Lipinski definition) is 8. The van der Waals surface area contributed by atoms with Gasteiger partial charge in [-0.3, -0.25) is 14.5 Å². The molecule has 0 aliphatic carbocycles. The minimum Gasteiger partial charge on any atom is -0.482 e. The van der Waals surface area contributed by atoms with E-state index in [4.69, 9.17) is 27.9 Å². The Morgan fingerprint density at radius 1 is 1.32 bits per heavy atom. The van der Waals surface area contributed by atoms with Crippen molar-refractivity contribution in [2.24, 2.45) is 0 Å². The molecule has 0 saturated heterocycles. The predicted molar refractivity (Wildman–Crippen MR) is 137 cm³/mol. The fourth-order valence-electron chi connectivity index (χ4n) is 4.15. The van der Waals surface area contributed by atoms with Gasteiger partial charge in [0.2, 0.25) is 15.0 Å². The van der Waals surface area contributed by atoms with Crippen molar-refractivity contribution in [3.63, 3.8) is 0 Å². The van der Waals surface area contributed by atoms with Crippen molar-refractivity contribution in [3.8, 4) is 5.75 Å². The second-order valence-electron chi connectivity index (χ2n) is 8.33. The van der Waals surface area contributed by atoms with Gasteiger partial charge < -0.3 is 9.64 Å². The van der Waals surface area contributed by atoms with E-state index in [0.29, 0.717) is 22.8 Å². The Kier molecular flexibility index (Phi) is 6.73. The molecule has 3 aromatic heterocycles. The zero-order valence-electron chi connectivity index (χ0n) is 19.4. The van der Waals surface area contributed by atoms with Crippen LogP contribution in [0.1, 0.15) is 28.1 Å². The lowest BCUT2D eigenvalue weighted by atomic mass is 9.98. The normalized spacial score (nSPS) is 15.6. The number of ether oxygens (including phenoxy) is 1. The number of benzene rings is 1. The van der Waals surface area contributed by atoms with Gasteiger partial charge in [0.1, 0.15) is 28.3 Å². The van der Waals surface area contributed by atoms with Crippen LogP contribution in [0.2, 0.25) is 10.0 Å². The highest BCUT2D eigenvalue weighted by molar-refractivity contribution is 7.92. The molecule has 0 spiro atoms. The fraction of sp³-hybridized carbons (Fsp3) is 0.273. The third-order valence-corrected chi connectivity index (χ3v) is 7.51. The summed E-state index contributed by atoms with van der Waals surface area (Å²) in [5, 5.41) is 5.51. The summed E-state index contributed by atoms with van der Waals surface area (Å²) in [5.74, 6) is -0.924. The van der Waals surface area contributed by atoms with Gasteiger partial charge in [0.05, 0.1) is 33.4 Å². The Labute approximate surface area is 225 Å². The van der Waals surface area contributed by atoms with Crippen molar-refractivity contribution in [2.75, 3.05) is 24.1 Å². The highest BCUT2D eigenvalue weighted by Gasteiger charge is 2.39. The maximum Gasteiger partial charge on any atom is 0.261 e. The summed E-state index contributed by atoms with van der Waals surface area (Å²) in [7, 11) is -3.49. The number of rotatable bonds is 6. The summed E-state index contributed by atoms with van der Waals surface area (Å²) in [6.45, 7) is 1.68. The Morgan fingerprint density at radius 2 is 2.11 bits per heavy atom. The molecule has 0 saturated carbocycles. The maximum atomic E-state index is 15.1. The summed E-state index contributed by atoms with van der Waals surface area (Å²) in [6, 6.07) is 4.52. The summed E-state index contributed by atoms with van der Waals surface area (Å²) >= 11 is 13.6. The minimum absolute atomic E-state index is 0.0142. The Bertz CT molecular complexity index is 1640. The smallest absolute Gasteiger partial charge is 0.261 e. The van der Waals surface area contributed by atoms with Gasteiger partial charge in [0.25, 0.3) is 5.91 Å². The molecule has 1 N–H and O–H groups in total. The predicted octanol–water partition coefficient (Wildman–Crippen LogP) is 3.86. The van der Waals surface area contributed by atoms with Crippen LogP contribution in [-0.4, -0.2) is 58.2 Å². The minimum atomic E-state index is -3.49. The van der Waals surface area contributed by atoms with Crippen LogP contribution >= 0.6 is 34.5 Å². The SMILES string of the molecule is Cc1nn2c3c(nc2s1)CCN(C(=O)COc1ccc(NS(C)(=O)=O)cc1Cl)C3c1ncc(Cl)cc1F. The van der Waals surface area contributed by atoms with Gasteiger partial charge in [-0.2, -0.15) is 5.10 Å². The molecule has 1 aliphatic rings. The van der Waals surface area contributed by atoms with E-state index < -0.39 is 34.4 Å². The number of fused-ring (bicyclic) bond motifs is 3. The van der Waals surface area contributed by atoms with Crippen LogP contribution < -0.4 is 9.46 Å². The summed E-state index contributed by atoms with van der Waals surface area (Å²) in [5.41, 5.74) is 1.53. The molecular formula is C22H19Cl2FN6O4S2. The highest BCUT2D eigenvalue weighted by atomic mass is 35.5. The van der Waals surface area contributed by atoms with Gasteiger partial charge in [-0.05, 0) is 31.2 Å². The number of aryl methyl sites for hydroxylation is 1. The zero-order valence-corrected chi connectivity index (χ0v) is 22.5. The first-order valence-corrected chi connectivity index (χ1v) is 14.3.